The number of rotatable bonds is 4. The summed E-state index contributed by atoms with van der Waals surface area (Å²) in [4.78, 5) is 11.8. The smallest absolute Gasteiger partial charge is 0.252 e. The predicted molar refractivity (Wildman–Crippen MR) is 72.7 cm³/mol. The van der Waals surface area contributed by atoms with Crippen molar-refractivity contribution in [2.75, 3.05) is 13.6 Å². The Hall–Kier alpha value is -0.390. The number of hydrogen-bond acceptors (Lipinski definition) is 2. The van der Waals surface area contributed by atoms with Crippen LogP contribution in [0.15, 0.2) is 27.1 Å². The molecule has 0 aliphatic heterocycles. The molecule has 1 unspecified atom stereocenters. The number of amides is 1. The summed E-state index contributed by atoms with van der Waals surface area (Å²) < 4.78 is 1.73. The number of hydrogen-bond donors (Lipinski definition) is 2. The third-order valence-electron chi connectivity index (χ3n) is 2.24. The van der Waals surface area contributed by atoms with Crippen molar-refractivity contribution in [1.82, 2.24) is 10.6 Å². The molecule has 0 saturated carbocycles. The molecule has 1 aromatic rings. The van der Waals surface area contributed by atoms with Crippen LogP contribution in [0.25, 0.3) is 0 Å². The monoisotopic (exact) mass is 348 g/mol. The highest BCUT2D eigenvalue weighted by Gasteiger charge is 2.10. The minimum atomic E-state index is -0.0681. The van der Waals surface area contributed by atoms with Gasteiger partial charge < -0.3 is 10.6 Å². The summed E-state index contributed by atoms with van der Waals surface area (Å²) in [5.74, 6) is -0.0681. The zero-order valence-electron chi connectivity index (χ0n) is 9.18. The van der Waals surface area contributed by atoms with Crippen LogP contribution in [0.2, 0.25) is 0 Å². The van der Waals surface area contributed by atoms with Crippen LogP contribution >= 0.6 is 31.9 Å². The summed E-state index contributed by atoms with van der Waals surface area (Å²) >= 11 is 6.71. The highest BCUT2D eigenvalue weighted by atomic mass is 79.9. The van der Waals surface area contributed by atoms with Crippen molar-refractivity contribution < 1.29 is 4.79 Å². The normalized spacial score (nSPS) is 12.2. The maximum Gasteiger partial charge on any atom is 0.252 e. The minimum absolute atomic E-state index is 0.0681. The number of benzene rings is 1. The lowest BCUT2D eigenvalue weighted by Gasteiger charge is -2.12. The van der Waals surface area contributed by atoms with E-state index in [9.17, 15) is 4.79 Å². The third-order valence-corrected chi connectivity index (χ3v) is 3.39. The van der Waals surface area contributed by atoms with E-state index in [1.165, 1.54) is 0 Å². The molecule has 0 heterocycles. The first-order valence-corrected chi connectivity index (χ1v) is 6.53. The van der Waals surface area contributed by atoms with Crippen LogP contribution in [0.3, 0.4) is 0 Å². The van der Waals surface area contributed by atoms with Crippen molar-refractivity contribution in [1.29, 1.82) is 0 Å². The molecule has 88 valence electrons. The van der Waals surface area contributed by atoms with Crippen LogP contribution < -0.4 is 10.6 Å². The third kappa shape index (κ3) is 3.88. The van der Waals surface area contributed by atoms with E-state index in [0.29, 0.717) is 12.1 Å². The molecule has 2 N–H and O–H groups in total. The topological polar surface area (TPSA) is 41.1 Å². The van der Waals surface area contributed by atoms with Gasteiger partial charge in [0.15, 0.2) is 0 Å². The van der Waals surface area contributed by atoms with Gasteiger partial charge in [-0.1, -0.05) is 15.9 Å². The molecule has 0 aliphatic carbocycles. The first-order valence-electron chi connectivity index (χ1n) is 4.95. The molecule has 5 heteroatoms. The fraction of sp³-hybridized carbons (Fsp3) is 0.364. The van der Waals surface area contributed by atoms with Gasteiger partial charge in [0, 0.05) is 21.5 Å². The number of likely N-dealkylation sites (N-methyl/N-ethyl adjacent to an activating group) is 1. The molecule has 1 rings (SSSR count). The highest BCUT2D eigenvalue weighted by molar-refractivity contribution is 9.11. The van der Waals surface area contributed by atoms with E-state index < -0.39 is 0 Å². The Morgan fingerprint density at radius 1 is 1.44 bits per heavy atom. The van der Waals surface area contributed by atoms with Crippen molar-refractivity contribution >= 4 is 37.8 Å². The molecule has 1 aromatic carbocycles. The molecule has 0 spiro atoms. The van der Waals surface area contributed by atoms with Gasteiger partial charge in [-0.3, -0.25) is 4.79 Å². The van der Waals surface area contributed by atoms with E-state index in [4.69, 9.17) is 0 Å². The van der Waals surface area contributed by atoms with Gasteiger partial charge in [0.05, 0.1) is 5.56 Å². The van der Waals surface area contributed by atoms with Crippen molar-refractivity contribution in [2.45, 2.75) is 13.0 Å². The largest absolute Gasteiger partial charge is 0.350 e. The Morgan fingerprint density at radius 2 is 2.12 bits per heavy atom. The molecule has 0 aliphatic rings. The van der Waals surface area contributed by atoms with Gasteiger partial charge in [-0.15, -0.1) is 0 Å². The Kier molecular flexibility index (Phi) is 5.44. The summed E-state index contributed by atoms with van der Waals surface area (Å²) in [6.45, 7) is 2.62. The van der Waals surface area contributed by atoms with Crippen LogP contribution in [0.5, 0.6) is 0 Å². The zero-order valence-corrected chi connectivity index (χ0v) is 12.4. The predicted octanol–water partition coefficient (Wildman–Crippen LogP) is 2.55. The van der Waals surface area contributed by atoms with Crippen molar-refractivity contribution in [3.63, 3.8) is 0 Å². The average molecular weight is 350 g/mol. The SMILES string of the molecule is CNC(C)CNC(=O)c1ccc(Br)cc1Br. The van der Waals surface area contributed by atoms with Crippen LogP contribution in [0, 0.1) is 0 Å². The van der Waals surface area contributed by atoms with Crippen LogP contribution in [0.4, 0.5) is 0 Å². The number of carbonyl (C=O) groups excluding carboxylic acids is 1. The van der Waals surface area contributed by atoms with Gasteiger partial charge in [0.2, 0.25) is 0 Å². The minimum Gasteiger partial charge on any atom is -0.350 e. The van der Waals surface area contributed by atoms with Gasteiger partial charge in [0.25, 0.3) is 5.91 Å². The second kappa shape index (κ2) is 6.37. The molecule has 3 nitrogen and oxygen atoms in total. The van der Waals surface area contributed by atoms with Gasteiger partial charge in [0.1, 0.15) is 0 Å². The Balaban J connectivity index is 2.66. The Labute approximate surface area is 112 Å². The maximum atomic E-state index is 11.8. The van der Waals surface area contributed by atoms with E-state index in [-0.39, 0.29) is 11.9 Å². The van der Waals surface area contributed by atoms with Gasteiger partial charge >= 0.3 is 0 Å². The lowest BCUT2D eigenvalue weighted by Crippen LogP contribution is -2.37. The second-order valence-corrected chi connectivity index (χ2v) is 5.29. The van der Waals surface area contributed by atoms with Crippen molar-refractivity contribution in [2.24, 2.45) is 0 Å². The zero-order chi connectivity index (χ0) is 12.1. The van der Waals surface area contributed by atoms with E-state index >= 15 is 0 Å². The fourth-order valence-corrected chi connectivity index (χ4v) is 2.34. The molecular formula is C11H14Br2N2O. The van der Waals surface area contributed by atoms with E-state index in [0.717, 1.165) is 8.95 Å². The lowest BCUT2D eigenvalue weighted by molar-refractivity contribution is 0.0950. The van der Waals surface area contributed by atoms with Crippen LogP contribution in [0.1, 0.15) is 17.3 Å². The summed E-state index contributed by atoms with van der Waals surface area (Å²) in [6, 6.07) is 5.75. The highest BCUT2D eigenvalue weighted by Crippen LogP contribution is 2.21. The Bertz CT molecular complexity index is 382. The van der Waals surface area contributed by atoms with Crippen molar-refractivity contribution in [3.8, 4) is 0 Å². The Morgan fingerprint density at radius 3 is 2.69 bits per heavy atom. The standard InChI is InChI=1S/C11H14Br2N2O/c1-7(14-2)6-15-11(16)9-4-3-8(12)5-10(9)13/h3-5,7,14H,6H2,1-2H3,(H,15,16). The molecule has 1 atom stereocenters. The molecule has 0 fully saturated rings. The first kappa shape index (κ1) is 13.7. The summed E-state index contributed by atoms with van der Waals surface area (Å²) in [5.41, 5.74) is 0.645. The molecule has 0 aromatic heterocycles. The summed E-state index contributed by atoms with van der Waals surface area (Å²) in [5, 5.41) is 5.92. The van der Waals surface area contributed by atoms with Gasteiger partial charge in [-0.05, 0) is 48.1 Å². The molecule has 0 saturated heterocycles. The molecule has 16 heavy (non-hydrogen) atoms. The van der Waals surface area contributed by atoms with Gasteiger partial charge in [-0.2, -0.15) is 0 Å². The van der Waals surface area contributed by atoms with E-state index in [2.05, 4.69) is 42.5 Å². The maximum absolute atomic E-state index is 11.8. The molecule has 0 bridgehead atoms. The fourth-order valence-electron chi connectivity index (χ4n) is 1.12. The number of nitrogens with one attached hydrogen (secondary N) is 2. The van der Waals surface area contributed by atoms with Crippen LogP contribution in [-0.2, 0) is 0 Å². The molecule has 0 radical (unpaired) electrons. The first-order chi connectivity index (χ1) is 7.54. The van der Waals surface area contributed by atoms with Crippen molar-refractivity contribution in [3.05, 3.63) is 32.7 Å². The summed E-state index contributed by atoms with van der Waals surface area (Å²) in [6.07, 6.45) is 0. The number of carbonyl (C=O) groups is 1. The summed E-state index contributed by atoms with van der Waals surface area (Å²) in [7, 11) is 1.87. The van der Waals surface area contributed by atoms with E-state index in [1.807, 2.05) is 26.1 Å². The van der Waals surface area contributed by atoms with E-state index in [1.54, 1.807) is 6.07 Å². The molecule has 1 amide bonds. The second-order valence-electron chi connectivity index (χ2n) is 3.52. The van der Waals surface area contributed by atoms with Gasteiger partial charge in [-0.25, -0.2) is 0 Å². The number of halogens is 2. The quantitative estimate of drug-likeness (QED) is 0.877. The average Bonchev–Trinajstić information content (AvgIpc) is 2.25. The van der Waals surface area contributed by atoms with Crippen LogP contribution in [-0.4, -0.2) is 25.5 Å². The lowest BCUT2D eigenvalue weighted by atomic mass is 10.2. The molecular weight excluding hydrogens is 336 g/mol.